The number of likely N-dealkylation sites (tertiary alicyclic amines) is 1. The molecule has 0 bridgehead atoms. The predicted octanol–water partition coefficient (Wildman–Crippen LogP) is 1.86. The van der Waals surface area contributed by atoms with Gasteiger partial charge in [-0.25, -0.2) is 0 Å². The van der Waals surface area contributed by atoms with Crippen molar-refractivity contribution in [2.45, 2.75) is 51.1 Å². The Morgan fingerprint density at radius 2 is 1.93 bits per heavy atom. The van der Waals surface area contributed by atoms with Gasteiger partial charge in [-0.3, -0.25) is 0 Å². The lowest BCUT2D eigenvalue weighted by Crippen LogP contribution is -2.35. The lowest BCUT2D eigenvalue weighted by Gasteiger charge is -2.20. The van der Waals surface area contributed by atoms with Gasteiger partial charge in [0.15, 0.2) is 0 Å². The Morgan fingerprint density at radius 1 is 1.13 bits per heavy atom. The van der Waals surface area contributed by atoms with Crippen molar-refractivity contribution in [2.75, 3.05) is 19.6 Å². The topological polar surface area (TPSA) is 15.3 Å². The summed E-state index contributed by atoms with van der Waals surface area (Å²) in [6.45, 7) is 6.45. The molecule has 0 amide bonds. The standard InChI is InChI=1S/C13H24N2/c1-10(11-2-3-11)8-15-7-6-13(9-15)14-12-4-5-12/h10-14H,2-9H2,1H3. The van der Waals surface area contributed by atoms with E-state index in [0.29, 0.717) is 0 Å². The lowest BCUT2D eigenvalue weighted by atomic mass is 10.1. The summed E-state index contributed by atoms with van der Waals surface area (Å²) in [5.41, 5.74) is 0. The molecule has 3 fully saturated rings. The highest BCUT2D eigenvalue weighted by Crippen LogP contribution is 2.37. The highest BCUT2D eigenvalue weighted by atomic mass is 15.2. The lowest BCUT2D eigenvalue weighted by molar-refractivity contribution is 0.265. The average Bonchev–Trinajstić information content (AvgIpc) is 3.08. The van der Waals surface area contributed by atoms with Gasteiger partial charge in [0, 0.05) is 25.2 Å². The molecule has 2 aliphatic carbocycles. The van der Waals surface area contributed by atoms with E-state index >= 15 is 0 Å². The molecule has 2 nitrogen and oxygen atoms in total. The quantitative estimate of drug-likeness (QED) is 0.742. The SMILES string of the molecule is CC(CN1CCC(NC2CC2)C1)C1CC1. The van der Waals surface area contributed by atoms with Crippen molar-refractivity contribution < 1.29 is 0 Å². The Labute approximate surface area is 93.4 Å². The van der Waals surface area contributed by atoms with Crippen molar-refractivity contribution in [1.82, 2.24) is 10.2 Å². The highest BCUT2D eigenvalue weighted by Gasteiger charge is 2.32. The molecule has 2 heteroatoms. The van der Waals surface area contributed by atoms with E-state index in [-0.39, 0.29) is 0 Å². The Bertz CT molecular complexity index is 221. The molecular formula is C13H24N2. The fourth-order valence-corrected chi connectivity index (χ4v) is 2.94. The first-order valence-electron chi connectivity index (χ1n) is 6.79. The average molecular weight is 208 g/mol. The van der Waals surface area contributed by atoms with E-state index in [1.807, 2.05) is 0 Å². The van der Waals surface area contributed by atoms with Gasteiger partial charge in [-0.1, -0.05) is 6.92 Å². The number of nitrogens with one attached hydrogen (secondary N) is 1. The normalized spacial score (nSPS) is 34.6. The Balaban J connectivity index is 1.39. The van der Waals surface area contributed by atoms with Crippen LogP contribution >= 0.6 is 0 Å². The van der Waals surface area contributed by atoms with E-state index in [4.69, 9.17) is 0 Å². The monoisotopic (exact) mass is 208 g/mol. The maximum Gasteiger partial charge on any atom is 0.0209 e. The summed E-state index contributed by atoms with van der Waals surface area (Å²) in [6.07, 6.45) is 7.23. The molecule has 0 radical (unpaired) electrons. The predicted molar refractivity (Wildman–Crippen MR) is 62.9 cm³/mol. The third-order valence-electron chi connectivity index (χ3n) is 4.29. The first kappa shape index (κ1) is 10.1. The van der Waals surface area contributed by atoms with Crippen LogP contribution in [0.15, 0.2) is 0 Å². The van der Waals surface area contributed by atoms with Gasteiger partial charge in [-0.2, -0.15) is 0 Å². The molecule has 1 heterocycles. The van der Waals surface area contributed by atoms with Gasteiger partial charge in [0.1, 0.15) is 0 Å². The molecule has 2 atom stereocenters. The van der Waals surface area contributed by atoms with Gasteiger partial charge in [-0.05, 0) is 50.5 Å². The molecule has 3 rings (SSSR count). The zero-order valence-corrected chi connectivity index (χ0v) is 9.91. The molecule has 2 saturated carbocycles. The minimum absolute atomic E-state index is 0.809. The fourth-order valence-electron chi connectivity index (χ4n) is 2.94. The largest absolute Gasteiger partial charge is 0.310 e. The molecule has 1 aliphatic heterocycles. The molecular weight excluding hydrogens is 184 g/mol. The first-order chi connectivity index (χ1) is 7.31. The molecule has 1 N–H and O–H groups in total. The van der Waals surface area contributed by atoms with Gasteiger partial charge in [-0.15, -0.1) is 0 Å². The third-order valence-corrected chi connectivity index (χ3v) is 4.29. The molecule has 0 aromatic carbocycles. The van der Waals surface area contributed by atoms with E-state index in [1.54, 1.807) is 0 Å². The molecule has 0 aromatic heterocycles. The number of hydrogen-bond donors (Lipinski definition) is 1. The van der Waals surface area contributed by atoms with Crippen LogP contribution in [0.3, 0.4) is 0 Å². The Morgan fingerprint density at radius 3 is 2.60 bits per heavy atom. The second kappa shape index (κ2) is 4.06. The third kappa shape index (κ3) is 2.73. The van der Waals surface area contributed by atoms with Crippen LogP contribution < -0.4 is 5.32 Å². The van der Waals surface area contributed by atoms with Crippen LogP contribution in [0.5, 0.6) is 0 Å². The van der Waals surface area contributed by atoms with Crippen molar-refractivity contribution in [3.63, 3.8) is 0 Å². The molecule has 1 saturated heterocycles. The summed E-state index contributed by atoms with van der Waals surface area (Å²) in [5.74, 6) is 2.02. The summed E-state index contributed by atoms with van der Waals surface area (Å²) in [7, 11) is 0. The molecule has 3 aliphatic rings. The van der Waals surface area contributed by atoms with E-state index in [0.717, 1.165) is 23.9 Å². The minimum Gasteiger partial charge on any atom is -0.310 e. The zero-order chi connectivity index (χ0) is 10.3. The van der Waals surface area contributed by atoms with Crippen LogP contribution in [0, 0.1) is 11.8 Å². The van der Waals surface area contributed by atoms with Gasteiger partial charge in [0.25, 0.3) is 0 Å². The summed E-state index contributed by atoms with van der Waals surface area (Å²) in [4.78, 5) is 2.68. The maximum atomic E-state index is 3.76. The van der Waals surface area contributed by atoms with Crippen LogP contribution in [-0.2, 0) is 0 Å². The number of hydrogen-bond acceptors (Lipinski definition) is 2. The zero-order valence-electron chi connectivity index (χ0n) is 9.91. The van der Waals surface area contributed by atoms with Crippen LogP contribution in [-0.4, -0.2) is 36.6 Å². The number of rotatable bonds is 5. The van der Waals surface area contributed by atoms with Crippen molar-refractivity contribution in [1.29, 1.82) is 0 Å². The van der Waals surface area contributed by atoms with Gasteiger partial charge in [0.05, 0.1) is 0 Å². The first-order valence-corrected chi connectivity index (χ1v) is 6.79. The van der Waals surface area contributed by atoms with Crippen LogP contribution in [0.25, 0.3) is 0 Å². The Hall–Kier alpha value is -0.0800. The summed E-state index contributed by atoms with van der Waals surface area (Å²) < 4.78 is 0. The Kier molecular flexibility index (Phi) is 2.73. The van der Waals surface area contributed by atoms with E-state index in [9.17, 15) is 0 Å². The van der Waals surface area contributed by atoms with Gasteiger partial charge in [0.2, 0.25) is 0 Å². The van der Waals surface area contributed by atoms with Gasteiger partial charge >= 0.3 is 0 Å². The summed E-state index contributed by atoms with van der Waals surface area (Å²) in [6, 6.07) is 1.69. The molecule has 0 spiro atoms. The highest BCUT2D eigenvalue weighted by molar-refractivity contribution is 4.90. The minimum atomic E-state index is 0.809. The smallest absolute Gasteiger partial charge is 0.0209 e. The van der Waals surface area contributed by atoms with Crippen molar-refractivity contribution >= 4 is 0 Å². The second-order valence-electron chi connectivity index (χ2n) is 6.00. The van der Waals surface area contributed by atoms with Crippen molar-refractivity contribution in [3.05, 3.63) is 0 Å². The molecule has 2 unspecified atom stereocenters. The maximum absolute atomic E-state index is 3.76. The van der Waals surface area contributed by atoms with E-state index in [1.165, 1.54) is 51.7 Å². The fraction of sp³-hybridized carbons (Fsp3) is 1.00. The van der Waals surface area contributed by atoms with Crippen LogP contribution in [0.2, 0.25) is 0 Å². The van der Waals surface area contributed by atoms with Crippen LogP contribution in [0.4, 0.5) is 0 Å². The van der Waals surface area contributed by atoms with Gasteiger partial charge < -0.3 is 10.2 Å². The van der Waals surface area contributed by atoms with Crippen molar-refractivity contribution in [3.8, 4) is 0 Å². The van der Waals surface area contributed by atoms with Crippen LogP contribution in [0.1, 0.15) is 39.0 Å². The molecule has 15 heavy (non-hydrogen) atoms. The summed E-state index contributed by atoms with van der Waals surface area (Å²) >= 11 is 0. The van der Waals surface area contributed by atoms with Crippen molar-refractivity contribution in [2.24, 2.45) is 11.8 Å². The summed E-state index contributed by atoms with van der Waals surface area (Å²) in [5, 5.41) is 3.76. The van der Waals surface area contributed by atoms with E-state index in [2.05, 4.69) is 17.1 Å². The number of nitrogens with zero attached hydrogens (tertiary/aromatic N) is 1. The molecule has 0 aromatic rings. The molecule has 86 valence electrons. The van der Waals surface area contributed by atoms with E-state index < -0.39 is 0 Å². The second-order valence-corrected chi connectivity index (χ2v) is 6.00.